The van der Waals surface area contributed by atoms with Crippen LogP contribution < -0.4 is 10.5 Å². The molecule has 2 aromatic carbocycles. The van der Waals surface area contributed by atoms with E-state index < -0.39 is 0 Å². The molecule has 2 aromatic rings. The van der Waals surface area contributed by atoms with Crippen LogP contribution in [0.4, 0.5) is 4.39 Å². The molecule has 4 heteroatoms. The van der Waals surface area contributed by atoms with E-state index in [0.29, 0.717) is 17.4 Å². The molecular weight excluding hydrogens is 265 g/mol. The summed E-state index contributed by atoms with van der Waals surface area (Å²) in [5.74, 6) is 0.139. The highest BCUT2D eigenvalue weighted by atomic mass is 35.5. The zero-order valence-electron chi connectivity index (χ0n) is 10.6. The molecule has 0 bridgehead atoms. The lowest BCUT2D eigenvalue weighted by Crippen LogP contribution is -2.08. The average Bonchev–Trinajstić information content (AvgIpc) is 2.38. The van der Waals surface area contributed by atoms with Gasteiger partial charge in [-0.2, -0.15) is 0 Å². The molecule has 2 nitrogen and oxygen atoms in total. The quantitative estimate of drug-likeness (QED) is 0.915. The van der Waals surface area contributed by atoms with E-state index in [1.54, 1.807) is 18.2 Å². The van der Waals surface area contributed by atoms with Crippen molar-refractivity contribution in [2.75, 3.05) is 0 Å². The molecular formula is C15H15ClFNO. The fraction of sp³-hybridized carbons (Fsp3) is 0.200. The highest BCUT2D eigenvalue weighted by molar-refractivity contribution is 6.30. The molecule has 0 spiro atoms. The van der Waals surface area contributed by atoms with Gasteiger partial charge in [0, 0.05) is 22.7 Å². The van der Waals surface area contributed by atoms with Gasteiger partial charge in [-0.15, -0.1) is 0 Å². The van der Waals surface area contributed by atoms with Crippen LogP contribution >= 0.6 is 11.6 Å². The van der Waals surface area contributed by atoms with Crippen LogP contribution in [0.15, 0.2) is 42.5 Å². The summed E-state index contributed by atoms with van der Waals surface area (Å²) in [5.41, 5.74) is 7.58. The van der Waals surface area contributed by atoms with E-state index >= 15 is 0 Å². The van der Waals surface area contributed by atoms with Crippen molar-refractivity contribution in [3.63, 3.8) is 0 Å². The average molecular weight is 280 g/mol. The summed E-state index contributed by atoms with van der Waals surface area (Å²) in [6.45, 7) is 2.18. The maximum Gasteiger partial charge on any atom is 0.127 e. The lowest BCUT2D eigenvalue weighted by Gasteiger charge is -2.14. The molecule has 0 saturated heterocycles. The first-order chi connectivity index (χ1) is 9.06. The number of ether oxygens (including phenoxy) is 1. The number of benzene rings is 2. The summed E-state index contributed by atoms with van der Waals surface area (Å²) in [6.07, 6.45) is 0. The Morgan fingerprint density at radius 3 is 2.53 bits per heavy atom. The molecule has 0 unspecified atom stereocenters. The zero-order chi connectivity index (χ0) is 13.8. The molecule has 19 heavy (non-hydrogen) atoms. The van der Waals surface area contributed by atoms with E-state index in [-0.39, 0.29) is 11.9 Å². The lowest BCUT2D eigenvalue weighted by molar-refractivity contribution is 0.300. The number of rotatable bonds is 4. The smallest absolute Gasteiger partial charge is 0.127 e. The summed E-state index contributed by atoms with van der Waals surface area (Å²) in [6, 6.07) is 11.5. The third-order valence-corrected chi connectivity index (χ3v) is 3.03. The molecule has 0 amide bonds. The number of nitrogens with two attached hydrogens (primary N) is 1. The van der Waals surface area contributed by atoms with Crippen molar-refractivity contribution in [1.29, 1.82) is 0 Å². The van der Waals surface area contributed by atoms with Gasteiger partial charge < -0.3 is 10.5 Å². The number of halogens is 2. The highest BCUT2D eigenvalue weighted by Crippen LogP contribution is 2.25. The van der Waals surface area contributed by atoms with E-state index in [9.17, 15) is 4.39 Å². The summed E-state index contributed by atoms with van der Waals surface area (Å²) >= 11 is 5.81. The topological polar surface area (TPSA) is 35.2 Å². The van der Waals surface area contributed by atoms with E-state index in [4.69, 9.17) is 22.1 Å². The Labute approximate surface area is 117 Å². The van der Waals surface area contributed by atoms with Crippen molar-refractivity contribution in [3.05, 3.63) is 64.4 Å². The van der Waals surface area contributed by atoms with Crippen molar-refractivity contribution in [2.45, 2.75) is 19.6 Å². The lowest BCUT2D eigenvalue weighted by atomic mass is 10.1. The monoisotopic (exact) mass is 279 g/mol. The molecule has 0 aliphatic rings. The molecule has 2 rings (SSSR count). The van der Waals surface area contributed by atoms with Crippen LogP contribution in [0.1, 0.15) is 24.1 Å². The van der Waals surface area contributed by atoms with Gasteiger partial charge in [0.2, 0.25) is 0 Å². The van der Waals surface area contributed by atoms with Gasteiger partial charge in [0.15, 0.2) is 0 Å². The largest absolute Gasteiger partial charge is 0.488 e. The third kappa shape index (κ3) is 3.69. The van der Waals surface area contributed by atoms with Crippen molar-refractivity contribution in [3.8, 4) is 5.75 Å². The Kier molecular flexibility index (Phi) is 4.40. The second kappa shape index (κ2) is 6.04. The second-order valence-electron chi connectivity index (χ2n) is 4.39. The maximum absolute atomic E-state index is 13.3. The molecule has 0 aromatic heterocycles. The summed E-state index contributed by atoms with van der Waals surface area (Å²) in [5, 5.41) is 0.672. The summed E-state index contributed by atoms with van der Waals surface area (Å²) in [4.78, 5) is 0. The van der Waals surface area contributed by atoms with Crippen molar-refractivity contribution in [2.24, 2.45) is 5.73 Å². The van der Waals surface area contributed by atoms with Crippen LogP contribution in [-0.2, 0) is 6.61 Å². The summed E-state index contributed by atoms with van der Waals surface area (Å²) < 4.78 is 18.9. The minimum absolute atomic E-state index is 0.208. The van der Waals surface area contributed by atoms with Crippen LogP contribution in [0.25, 0.3) is 0 Å². The number of hydrogen-bond acceptors (Lipinski definition) is 2. The molecule has 0 aliphatic heterocycles. The third-order valence-electron chi connectivity index (χ3n) is 2.77. The fourth-order valence-electron chi connectivity index (χ4n) is 1.75. The Balaban J connectivity index is 2.14. The molecule has 0 radical (unpaired) electrons. The van der Waals surface area contributed by atoms with Gasteiger partial charge in [0.05, 0.1) is 0 Å². The van der Waals surface area contributed by atoms with Gasteiger partial charge in [-0.3, -0.25) is 0 Å². The van der Waals surface area contributed by atoms with Gasteiger partial charge in [-0.1, -0.05) is 29.8 Å². The van der Waals surface area contributed by atoms with Crippen LogP contribution in [0.3, 0.4) is 0 Å². The predicted octanol–water partition coefficient (Wildman–Crippen LogP) is 4.08. The molecule has 0 saturated carbocycles. The Bertz CT molecular complexity index is 555. The van der Waals surface area contributed by atoms with E-state index in [0.717, 1.165) is 11.1 Å². The highest BCUT2D eigenvalue weighted by Gasteiger charge is 2.09. The van der Waals surface area contributed by atoms with Crippen LogP contribution in [0, 0.1) is 5.82 Å². The molecule has 0 aliphatic carbocycles. The fourth-order valence-corrected chi connectivity index (χ4v) is 1.88. The predicted molar refractivity (Wildman–Crippen MR) is 74.8 cm³/mol. The van der Waals surface area contributed by atoms with Gasteiger partial charge >= 0.3 is 0 Å². The molecule has 0 heterocycles. The maximum atomic E-state index is 13.3. The second-order valence-corrected chi connectivity index (χ2v) is 4.82. The molecule has 0 fully saturated rings. The van der Waals surface area contributed by atoms with Crippen LogP contribution in [0.5, 0.6) is 5.75 Å². The van der Waals surface area contributed by atoms with E-state index in [1.165, 1.54) is 12.1 Å². The van der Waals surface area contributed by atoms with Gasteiger partial charge in [0.25, 0.3) is 0 Å². The minimum Gasteiger partial charge on any atom is -0.488 e. The van der Waals surface area contributed by atoms with Gasteiger partial charge in [0.1, 0.15) is 18.2 Å². The minimum atomic E-state index is -0.337. The van der Waals surface area contributed by atoms with Crippen molar-refractivity contribution < 1.29 is 9.13 Å². The SMILES string of the molecule is C[C@H](N)c1ccc(F)cc1OCc1ccc(Cl)cc1. The van der Waals surface area contributed by atoms with Crippen LogP contribution in [0.2, 0.25) is 5.02 Å². The van der Waals surface area contributed by atoms with Crippen molar-refractivity contribution in [1.82, 2.24) is 0 Å². The molecule has 2 N–H and O–H groups in total. The standard InChI is InChI=1S/C15H15ClFNO/c1-10(18)14-7-6-13(17)8-15(14)19-9-11-2-4-12(16)5-3-11/h2-8,10H,9,18H2,1H3/t10-/m0/s1. The Morgan fingerprint density at radius 1 is 1.21 bits per heavy atom. The van der Waals surface area contributed by atoms with Crippen molar-refractivity contribution >= 4 is 11.6 Å². The van der Waals surface area contributed by atoms with E-state index in [1.807, 2.05) is 19.1 Å². The summed E-state index contributed by atoms with van der Waals surface area (Å²) in [7, 11) is 0. The molecule has 100 valence electrons. The first-order valence-corrected chi connectivity index (χ1v) is 6.36. The van der Waals surface area contributed by atoms with Gasteiger partial charge in [-0.25, -0.2) is 4.39 Å². The zero-order valence-corrected chi connectivity index (χ0v) is 11.3. The van der Waals surface area contributed by atoms with Gasteiger partial charge in [-0.05, 0) is 30.7 Å². The normalized spacial score (nSPS) is 12.2. The Hall–Kier alpha value is -1.58. The first kappa shape index (κ1) is 13.8. The van der Waals surface area contributed by atoms with E-state index in [2.05, 4.69) is 0 Å². The Morgan fingerprint density at radius 2 is 1.89 bits per heavy atom. The number of hydrogen-bond donors (Lipinski definition) is 1. The first-order valence-electron chi connectivity index (χ1n) is 5.98. The van der Waals surface area contributed by atoms with Crippen LogP contribution in [-0.4, -0.2) is 0 Å². The molecule has 1 atom stereocenters.